The SMILES string of the molecule is COc1ccc(CN(C)Cn2nc(Nc3cccc(C)c3)sc2=S)cc1. The summed E-state index contributed by atoms with van der Waals surface area (Å²) in [5, 5.41) is 8.74. The highest BCUT2D eigenvalue weighted by Crippen LogP contribution is 2.21. The average Bonchev–Trinajstić information content (AvgIpc) is 2.94. The van der Waals surface area contributed by atoms with Gasteiger partial charge in [0.25, 0.3) is 0 Å². The Morgan fingerprint density at radius 3 is 2.69 bits per heavy atom. The lowest BCUT2D eigenvalue weighted by Gasteiger charge is -2.16. The molecule has 1 heterocycles. The van der Waals surface area contributed by atoms with Gasteiger partial charge in [-0.05, 0) is 61.6 Å². The number of methoxy groups -OCH3 is 1. The predicted molar refractivity (Wildman–Crippen MR) is 110 cm³/mol. The lowest BCUT2D eigenvalue weighted by molar-refractivity contribution is 0.245. The largest absolute Gasteiger partial charge is 0.497 e. The van der Waals surface area contributed by atoms with E-state index in [4.69, 9.17) is 17.0 Å². The smallest absolute Gasteiger partial charge is 0.209 e. The fourth-order valence-corrected chi connectivity index (χ4v) is 3.63. The number of anilines is 2. The second-order valence-corrected chi connectivity index (χ2v) is 7.79. The van der Waals surface area contributed by atoms with Crippen molar-refractivity contribution in [1.29, 1.82) is 0 Å². The summed E-state index contributed by atoms with van der Waals surface area (Å²) in [5.41, 5.74) is 3.44. The number of rotatable bonds is 7. The van der Waals surface area contributed by atoms with Gasteiger partial charge in [0.15, 0.2) is 3.95 Å². The van der Waals surface area contributed by atoms with E-state index in [2.05, 4.69) is 53.6 Å². The number of hydrogen-bond donors (Lipinski definition) is 1. The van der Waals surface area contributed by atoms with Crippen LogP contribution >= 0.6 is 23.6 Å². The highest BCUT2D eigenvalue weighted by molar-refractivity contribution is 7.73. The molecule has 7 heteroatoms. The van der Waals surface area contributed by atoms with E-state index in [1.54, 1.807) is 7.11 Å². The maximum Gasteiger partial charge on any atom is 0.209 e. The minimum Gasteiger partial charge on any atom is -0.497 e. The molecule has 0 saturated heterocycles. The summed E-state index contributed by atoms with van der Waals surface area (Å²) in [5.74, 6) is 0.866. The van der Waals surface area contributed by atoms with Crippen LogP contribution in [0.5, 0.6) is 5.75 Å². The molecule has 0 saturated carbocycles. The molecular formula is C19H22N4OS2. The van der Waals surface area contributed by atoms with E-state index >= 15 is 0 Å². The number of hydrogen-bond acceptors (Lipinski definition) is 6. The first-order valence-corrected chi connectivity index (χ1v) is 9.49. The van der Waals surface area contributed by atoms with Crippen LogP contribution in [0.2, 0.25) is 0 Å². The molecule has 136 valence electrons. The molecule has 0 aliphatic carbocycles. The highest BCUT2D eigenvalue weighted by atomic mass is 32.1. The molecule has 0 aliphatic heterocycles. The summed E-state index contributed by atoms with van der Waals surface area (Å²) in [6.07, 6.45) is 0. The number of benzene rings is 2. The number of aryl methyl sites for hydroxylation is 1. The van der Waals surface area contributed by atoms with Crippen LogP contribution in [0.4, 0.5) is 10.8 Å². The van der Waals surface area contributed by atoms with Crippen molar-refractivity contribution >= 4 is 34.4 Å². The molecule has 3 aromatic rings. The summed E-state index contributed by atoms with van der Waals surface area (Å²) < 4.78 is 7.80. The normalized spacial score (nSPS) is 10.9. The van der Waals surface area contributed by atoms with Gasteiger partial charge in [0.1, 0.15) is 5.75 Å². The predicted octanol–water partition coefficient (Wildman–Crippen LogP) is 4.82. The van der Waals surface area contributed by atoms with Crippen LogP contribution in [-0.2, 0) is 13.2 Å². The van der Waals surface area contributed by atoms with Crippen LogP contribution in [-0.4, -0.2) is 28.8 Å². The first-order chi connectivity index (χ1) is 12.5. The monoisotopic (exact) mass is 386 g/mol. The molecule has 0 amide bonds. The zero-order valence-electron chi connectivity index (χ0n) is 15.1. The standard InChI is InChI=1S/C19H22N4OS2/c1-14-5-4-6-16(11-14)20-18-21-23(19(25)26-18)13-22(2)12-15-7-9-17(24-3)10-8-15/h4-11H,12-13H2,1-3H3,(H,20,21). The lowest BCUT2D eigenvalue weighted by atomic mass is 10.2. The Labute approximate surface area is 162 Å². The molecule has 0 unspecified atom stereocenters. The van der Waals surface area contributed by atoms with Crippen LogP contribution in [0.15, 0.2) is 48.5 Å². The minimum atomic E-state index is 0.636. The van der Waals surface area contributed by atoms with Gasteiger partial charge in [0, 0.05) is 12.2 Å². The quantitative estimate of drug-likeness (QED) is 0.590. The lowest BCUT2D eigenvalue weighted by Crippen LogP contribution is -2.22. The maximum absolute atomic E-state index is 5.47. The van der Waals surface area contributed by atoms with Crippen molar-refractivity contribution in [2.45, 2.75) is 20.1 Å². The number of ether oxygens (including phenoxy) is 1. The van der Waals surface area contributed by atoms with Crippen LogP contribution in [0.3, 0.4) is 0 Å². The van der Waals surface area contributed by atoms with Crippen molar-refractivity contribution in [3.8, 4) is 5.75 Å². The molecule has 0 atom stereocenters. The number of nitrogens with zero attached hydrogens (tertiary/aromatic N) is 3. The topological polar surface area (TPSA) is 42.3 Å². The van der Waals surface area contributed by atoms with Crippen molar-refractivity contribution in [2.75, 3.05) is 19.5 Å². The Hall–Kier alpha value is -2.22. The van der Waals surface area contributed by atoms with Gasteiger partial charge in [-0.2, -0.15) is 0 Å². The summed E-state index contributed by atoms with van der Waals surface area (Å²) in [7, 11) is 3.73. The molecule has 0 fully saturated rings. The van der Waals surface area contributed by atoms with Gasteiger partial charge in [-0.3, -0.25) is 4.90 Å². The molecule has 0 radical (unpaired) electrons. The third-order valence-corrected chi connectivity index (χ3v) is 5.09. The van der Waals surface area contributed by atoms with Crippen molar-refractivity contribution in [1.82, 2.24) is 14.7 Å². The van der Waals surface area contributed by atoms with E-state index in [9.17, 15) is 0 Å². The zero-order valence-corrected chi connectivity index (χ0v) is 16.7. The minimum absolute atomic E-state index is 0.636. The molecule has 1 aromatic heterocycles. The highest BCUT2D eigenvalue weighted by Gasteiger charge is 2.08. The van der Waals surface area contributed by atoms with E-state index in [0.29, 0.717) is 6.67 Å². The molecule has 26 heavy (non-hydrogen) atoms. The molecule has 5 nitrogen and oxygen atoms in total. The molecule has 0 bridgehead atoms. The van der Waals surface area contributed by atoms with E-state index in [1.807, 2.05) is 28.9 Å². The second kappa shape index (κ2) is 8.44. The van der Waals surface area contributed by atoms with E-state index in [-0.39, 0.29) is 0 Å². The summed E-state index contributed by atoms with van der Waals surface area (Å²) in [4.78, 5) is 2.17. The van der Waals surface area contributed by atoms with Crippen molar-refractivity contribution in [2.24, 2.45) is 0 Å². The van der Waals surface area contributed by atoms with Crippen LogP contribution in [0, 0.1) is 10.9 Å². The number of aromatic nitrogens is 2. The Balaban J connectivity index is 1.64. The Bertz CT molecular complexity index is 918. The summed E-state index contributed by atoms with van der Waals surface area (Å²) in [6.45, 7) is 3.51. The Kier molecular flexibility index (Phi) is 6.03. The molecule has 0 spiro atoms. The van der Waals surface area contributed by atoms with Crippen LogP contribution in [0.1, 0.15) is 11.1 Å². The van der Waals surface area contributed by atoms with Gasteiger partial charge in [0.2, 0.25) is 5.13 Å². The van der Waals surface area contributed by atoms with Gasteiger partial charge in [-0.25, -0.2) is 4.68 Å². The molecule has 1 N–H and O–H groups in total. The number of nitrogens with one attached hydrogen (secondary N) is 1. The third kappa shape index (κ3) is 4.91. The summed E-state index contributed by atoms with van der Waals surface area (Å²) >= 11 is 6.95. The molecular weight excluding hydrogens is 364 g/mol. The Morgan fingerprint density at radius 1 is 1.23 bits per heavy atom. The molecule has 2 aromatic carbocycles. The average molecular weight is 387 g/mol. The van der Waals surface area contributed by atoms with E-state index in [0.717, 1.165) is 27.1 Å². The Morgan fingerprint density at radius 2 is 2.00 bits per heavy atom. The van der Waals surface area contributed by atoms with E-state index < -0.39 is 0 Å². The van der Waals surface area contributed by atoms with Crippen LogP contribution < -0.4 is 10.1 Å². The van der Waals surface area contributed by atoms with E-state index in [1.165, 1.54) is 22.5 Å². The van der Waals surface area contributed by atoms with Crippen molar-refractivity contribution in [3.05, 3.63) is 63.6 Å². The summed E-state index contributed by atoms with van der Waals surface area (Å²) in [6, 6.07) is 16.3. The third-order valence-electron chi connectivity index (χ3n) is 3.86. The zero-order chi connectivity index (χ0) is 18.5. The maximum atomic E-state index is 5.47. The van der Waals surface area contributed by atoms with Gasteiger partial charge >= 0.3 is 0 Å². The van der Waals surface area contributed by atoms with Gasteiger partial charge in [-0.15, -0.1) is 5.10 Å². The fraction of sp³-hybridized carbons (Fsp3) is 0.263. The van der Waals surface area contributed by atoms with Gasteiger partial charge in [-0.1, -0.05) is 35.6 Å². The first kappa shape index (κ1) is 18.6. The fourth-order valence-electron chi connectivity index (χ4n) is 2.61. The molecule has 3 rings (SSSR count). The van der Waals surface area contributed by atoms with Crippen LogP contribution in [0.25, 0.3) is 0 Å². The first-order valence-electron chi connectivity index (χ1n) is 8.26. The van der Waals surface area contributed by atoms with Crippen molar-refractivity contribution in [3.63, 3.8) is 0 Å². The van der Waals surface area contributed by atoms with Gasteiger partial charge in [0.05, 0.1) is 13.8 Å². The second-order valence-electron chi connectivity index (χ2n) is 6.17. The van der Waals surface area contributed by atoms with Gasteiger partial charge < -0.3 is 10.1 Å². The van der Waals surface area contributed by atoms with Crippen molar-refractivity contribution < 1.29 is 4.74 Å². The molecule has 0 aliphatic rings.